The largest absolute Gasteiger partial charge is 0.368 e. The molecule has 106 valence electrons. The number of benzene rings is 1. The second-order valence-electron chi connectivity index (χ2n) is 5.19. The molecule has 0 aliphatic rings. The number of amides is 1. The lowest BCUT2D eigenvalue weighted by Crippen LogP contribution is -2.56. The molecule has 0 saturated heterocycles. The first-order valence-electron chi connectivity index (χ1n) is 6.28. The number of hydrogen-bond donors (Lipinski definition) is 2. The van der Waals surface area contributed by atoms with Gasteiger partial charge >= 0.3 is 0 Å². The molecule has 1 atom stereocenters. The number of likely N-dealkylation sites (N-methyl/N-ethyl adjacent to an activating group) is 1. The standard InChI is InChI=1S/C14H22FN3O/c1-14(13(16)19,17-8-9-18(2)3)10-11-6-4-5-7-12(11)15/h4-7,17H,8-10H2,1-3H3,(H2,16,19). The quantitative estimate of drug-likeness (QED) is 0.767. The SMILES string of the molecule is CN(C)CCNC(C)(Cc1ccccc1F)C(N)=O. The minimum atomic E-state index is -0.946. The lowest BCUT2D eigenvalue weighted by atomic mass is 9.91. The fraction of sp³-hybridized carbons (Fsp3) is 0.500. The van der Waals surface area contributed by atoms with Crippen LogP contribution in [0.25, 0.3) is 0 Å². The first-order chi connectivity index (χ1) is 8.85. The van der Waals surface area contributed by atoms with Gasteiger partial charge in [-0.25, -0.2) is 4.39 Å². The Kier molecular flexibility index (Phi) is 5.44. The first-order valence-corrected chi connectivity index (χ1v) is 6.28. The Hall–Kier alpha value is -1.46. The summed E-state index contributed by atoms with van der Waals surface area (Å²) in [6.45, 7) is 3.10. The van der Waals surface area contributed by atoms with Gasteiger partial charge in [0.2, 0.25) is 5.91 Å². The van der Waals surface area contributed by atoms with E-state index >= 15 is 0 Å². The van der Waals surface area contributed by atoms with E-state index in [1.165, 1.54) is 6.07 Å². The molecule has 5 heteroatoms. The Labute approximate surface area is 113 Å². The highest BCUT2D eigenvalue weighted by molar-refractivity contribution is 5.84. The van der Waals surface area contributed by atoms with E-state index in [-0.39, 0.29) is 12.2 Å². The maximum absolute atomic E-state index is 13.6. The third-order valence-corrected chi connectivity index (χ3v) is 3.12. The van der Waals surface area contributed by atoms with E-state index < -0.39 is 11.4 Å². The van der Waals surface area contributed by atoms with Gasteiger partial charge in [-0.05, 0) is 32.6 Å². The predicted octanol–water partition coefficient (Wildman–Crippen LogP) is 0.763. The summed E-state index contributed by atoms with van der Waals surface area (Å²) in [5.74, 6) is -0.793. The van der Waals surface area contributed by atoms with Gasteiger partial charge in [-0.15, -0.1) is 0 Å². The molecule has 0 aliphatic carbocycles. The van der Waals surface area contributed by atoms with Gasteiger partial charge in [0, 0.05) is 19.5 Å². The van der Waals surface area contributed by atoms with Crippen LogP contribution in [0.15, 0.2) is 24.3 Å². The Balaban J connectivity index is 2.77. The number of primary amides is 1. The summed E-state index contributed by atoms with van der Waals surface area (Å²) in [5, 5.41) is 3.12. The van der Waals surface area contributed by atoms with Crippen LogP contribution in [-0.2, 0) is 11.2 Å². The van der Waals surface area contributed by atoms with Crippen molar-refractivity contribution in [2.75, 3.05) is 27.2 Å². The van der Waals surface area contributed by atoms with Gasteiger partial charge in [0.25, 0.3) is 0 Å². The highest BCUT2D eigenvalue weighted by atomic mass is 19.1. The number of carbonyl (C=O) groups is 1. The van der Waals surface area contributed by atoms with Crippen molar-refractivity contribution in [3.63, 3.8) is 0 Å². The fourth-order valence-corrected chi connectivity index (χ4v) is 1.81. The van der Waals surface area contributed by atoms with Crippen LogP contribution in [-0.4, -0.2) is 43.5 Å². The van der Waals surface area contributed by atoms with Gasteiger partial charge in [0.1, 0.15) is 5.82 Å². The third-order valence-electron chi connectivity index (χ3n) is 3.12. The van der Waals surface area contributed by atoms with Crippen molar-refractivity contribution in [1.82, 2.24) is 10.2 Å². The number of carbonyl (C=O) groups excluding carboxylic acids is 1. The van der Waals surface area contributed by atoms with Crippen LogP contribution in [0.2, 0.25) is 0 Å². The maximum Gasteiger partial charge on any atom is 0.237 e. The molecule has 0 aliphatic heterocycles. The van der Waals surface area contributed by atoms with Crippen molar-refractivity contribution >= 4 is 5.91 Å². The lowest BCUT2D eigenvalue weighted by molar-refractivity contribution is -0.123. The molecular formula is C14H22FN3O. The van der Waals surface area contributed by atoms with Gasteiger partial charge in [0.15, 0.2) is 0 Å². The van der Waals surface area contributed by atoms with E-state index in [1.807, 2.05) is 19.0 Å². The highest BCUT2D eigenvalue weighted by Crippen LogP contribution is 2.16. The minimum absolute atomic E-state index is 0.239. The number of halogens is 1. The topological polar surface area (TPSA) is 58.4 Å². The van der Waals surface area contributed by atoms with Crippen molar-refractivity contribution in [2.45, 2.75) is 18.9 Å². The van der Waals surface area contributed by atoms with E-state index in [0.717, 1.165) is 6.54 Å². The summed E-state index contributed by atoms with van der Waals surface area (Å²) in [6, 6.07) is 6.43. The Morgan fingerprint density at radius 3 is 2.58 bits per heavy atom. The molecule has 0 bridgehead atoms. The summed E-state index contributed by atoms with van der Waals surface area (Å²) in [4.78, 5) is 13.6. The Bertz CT molecular complexity index is 436. The zero-order valence-corrected chi connectivity index (χ0v) is 11.7. The number of hydrogen-bond acceptors (Lipinski definition) is 3. The van der Waals surface area contributed by atoms with Crippen LogP contribution in [0.3, 0.4) is 0 Å². The van der Waals surface area contributed by atoms with E-state index in [0.29, 0.717) is 12.1 Å². The highest BCUT2D eigenvalue weighted by Gasteiger charge is 2.31. The molecule has 1 rings (SSSR count). The van der Waals surface area contributed by atoms with Crippen LogP contribution in [0.4, 0.5) is 4.39 Å². The zero-order chi connectivity index (χ0) is 14.5. The second kappa shape index (κ2) is 6.63. The molecule has 0 aromatic heterocycles. The van der Waals surface area contributed by atoms with Crippen molar-refractivity contribution in [1.29, 1.82) is 0 Å². The molecule has 0 heterocycles. The summed E-state index contributed by atoms with van der Waals surface area (Å²) in [7, 11) is 3.89. The average Bonchev–Trinajstić information content (AvgIpc) is 2.31. The lowest BCUT2D eigenvalue weighted by Gasteiger charge is -2.28. The summed E-state index contributed by atoms with van der Waals surface area (Å²) >= 11 is 0. The smallest absolute Gasteiger partial charge is 0.237 e. The van der Waals surface area contributed by atoms with Crippen LogP contribution in [0, 0.1) is 5.82 Å². The second-order valence-corrected chi connectivity index (χ2v) is 5.19. The van der Waals surface area contributed by atoms with Crippen molar-refractivity contribution in [3.05, 3.63) is 35.6 Å². The van der Waals surface area contributed by atoms with E-state index in [9.17, 15) is 9.18 Å². The van der Waals surface area contributed by atoms with Crippen LogP contribution in [0.1, 0.15) is 12.5 Å². The number of rotatable bonds is 7. The molecule has 0 spiro atoms. The van der Waals surface area contributed by atoms with Crippen LogP contribution < -0.4 is 11.1 Å². The van der Waals surface area contributed by atoms with Gasteiger partial charge < -0.3 is 16.0 Å². The summed E-state index contributed by atoms with van der Waals surface area (Å²) in [6.07, 6.45) is 0.239. The van der Waals surface area contributed by atoms with Crippen LogP contribution >= 0.6 is 0 Å². The molecule has 1 aromatic rings. The molecule has 1 unspecified atom stereocenters. The minimum Gasteiger partial charge on any atom is -0.368 e. The summed E-state index contributed by atoms with van der Waals surface area (Å²) < 4.78 is 13.6. The Morgan fingerprint density at radius 1 is 1.42 bits per heavy atom. The fourth-order valence-electron chi connectivity index (χ4n) is 1.81. The average molecular weight is 267 g/mol. The molecule has 19 heavy (non-hydrogen) atoms. The van der Waals surface area contributed by atoms with Crippen molar-refractivity contribution in [2.24, 2.45) is 5.73 Å². The number of nitrogens with zero attached hydrogens (tertiary/aromatic N) is 1. The van der Waals surface area contributed by atoms with Gasteiger partial charge in [0.05, 0.1) is 5.54 Å². The third kappa shape index (κ3) is 4.61. The molecule has 0 saturated carbocycles. The van der Waals surface area contributed by atoms with Gasteiger partial charge in [-0.2, -0.15) is 0 Å². The van der Waals surface area contributed by atoms with Gasteiger partial charge in [-0.1, -0.05) is 18.2 Å². The van der Waals surface area contributed by atoms with Crippen molar-refractivity contribution < 1.29 is 9.18 Å². The van der Waals surface area contributed by atoms with E-state index in [1.54, 1.807) is 25.1 Å². The monoisotopic (exact) mass is 267 g/mol. The van der Waals surface area contributed by atoms with E-state index in [4.69, 9.17) is 5.73 Å². The maximum atomic E-state index is 13.6. The summed E-state index contributed by atoms with van der Waals surface area (Å²) in [5.41, 5.74) is 4.99. The predicted molar refractivity (Wildman–Crippen MR) is 74.3 cm³/mol. The molecular weight excluding hydrogens is 245 g/mol. The molecule has 0 radical (unpaired) electrons. The van der Waals surface area contributed by atoms with E-state index in [2.05, 4.69) is 5.32 Å². The number of nitrogens with two attached hydrogens (primary N) is 1. The van der Waals surface area contributed by atoms with Gasteiger partial charge in [-0.3, -0.25) is 4.79 Å². The molecule has 4 nitrogen and oxygen atoms in total. The molecule has 3 N–H and O–H groups in total. The normalized spacial score (nSPS) is 14.4. The number of nitrogens with one attached hydrogen (secondary N) is 1. The molecule has 1 aromatic carbocycles. The van der Waals surface area contributed by atoms with Crippen LogP contribution in [0.5, 0.6) is 0 Å². The molecule has 0 fully saturated rings. The zero-order valence-electron chi connectivity index (χ0n) is 11.7. The first kappa shape index (κ1) is 15.6. The van der Waals surface area contributed by atoms with Crippen molar-refractivity contribution in [3.8, 4) is 0 Å². The Morgan fingerprint density at radius 2 is 2.05 bits per heavy atom. The molecule has 1 amide bonds.